The van der Waals surface area contributed by atoms with Crippen LogP contribution in [0.2, 0.25) is 0 Å². The van der Waals surface area contributed by atoms with Crippen LogP contribution in [0.3, 0.4) is 0 Å². The van der Waals surface area contributed by atoms with Crippen LogP contribution in [0.1, 0.15) is 11.7 Å². The lowest BCUT2D eigenvalue weighted by molar-refractivity contribution is -0.0296. The second-order valence-electron chi connectivity index (χ2n) is 3.85. The van der Waals surface area contributed by atoms with Gasteiger partial charge in [-0.2, -0.15) is 8.78 Å². The van der Waals surface area contributed by atoms with Gasteiger partial charge in [-0.05, 0) is 32.8 Å². The van der Waals surface area contributed by atoms with Crippen LogP contribution < -0.4 is 4.74 Å². The maximum absolute atomic E-state index is 13.3. The van der Waals surface area contributed by atoms with Crippen molar-refractivity contribution >= 4 is 26.7 Å². The monoisotopic (exact) mass is 316 g/mol. The largest absolute Gasteiger partial charge is 0.496 e. The second kappa shape index (κ2) is 4.82. The topological polar surface area (TPSA) is 29.5 Å². The number of ether oxygens (including phenoxy) is 1. The van der Waals surface area contributed by atoms with Gasteiger partial charge in [-0.1, -0.05) is 30.3 Å². The lowest BCUT2D eigenvalue weighted by Crippen LogP contribution is -2.19. The summed E-state index contributed by atoms with van der Waals surface area (Å²) in [7, 11) is 1.38. The first kappa shape index (κ1) is 13.2. The molecule has 18 heavy (non-hydrogen) atoms. The second-order valence-corrected chi connectivity index (χ2v) is 4.90. The maximum atomic E-state index is 13.3. The summed E-state index contributed by atoms with van der Waals surface area (Å²) < 4.78 is 31.6. The fourth-order valence-corrected chi connectivity index (χ4v) is 2.13. The third kappa shape index (κ3) is 2.33. The minimum atomic E-state index is -3.41. The average Bonchev–Trinajstić information content (AvgIpc) is 2.35. The van der Waals surface area contributed by atoms with Gasteiger partial charge in [0, 0.05) is 5.56 Å². The molecular formula is C13H11BrF2O2. The quantitative estimate of drug-likeness (QED) is 0.871. The van der Waals surface area contributed by atoms with Crippen molar-refractivity contribution in [3.05, 3.63) is 42.0 Å². The zero-order valence-electron chi connectivity index (χ0n) is 9.53. The number of fused-ring (bicyclic) bond motifs is 1. The van der Waals surface area contributed by atoms with Gasteiger partial charge in [-0.3, -0.25) is 0 Å². The Balaban J connectivity index is 2.72. The number of alkyl halides is 3. The molecule has 2 rings (SSSR count). The molecule has 0 fully saturated rings. The Bertz CT molecular complexity index is 566. The molecule has 0 amide bonds. The minimum Gasteiger partial charge on any atom is -0.496 e. The first-order chi connectivity index (χ1) is 8.45. The lowest BCUT2D eigenvalue weighted by atomic mass is 9.99. The predicted octanol–water partition coefficient (Wildman–Crippen LogP) is 3.87. The molecular weight excluding hydrogens is 306 g/mol. The first-order valence-corrected chi connectivity index (χ1v) is 6.05. The molecule has 5 heteroatoms. The first-order valence-electron chi connectivity index (χ1n) is 5.25. The van der Waals surface area contributed by atoms with Crippen LogP contribution in [0, 0.1) is 0 Å². The summed E-state index contributed by atoms with van der Waals surface area (Å²) in [5.74, 6) is 0.236. The highest BCUT2D eigenvalue weighted by Gasteiger charge is 2.38. The Hall–Kier alpha value is -1.20. The van der Waals surface area contributed by atoms with Gasteiger partial charge < -0.3 is 9.84 Å². The van der Waals surface area contributed by atoms with Crippen molar-refractivity contribution < 1.29 is 18.6 Å². The normalized spacial score (nSPS) is 13.6. The molecule has 0 aliphatic heterocycles. The molecule has 0 aromatic heterocycles. The van der Waals surface area contributed by atoms with Crippen LogP contribution in [0.15, 0.2) is 36.4 Å². The third-order valence-corrected chi connectivity index (χ3v) is 3.17. The van der Waals surface area contributed by atoms with E-state index in [4.69, 9.17) is 4.74 Å². The van der Waals surface area contributed by atoms with E-state index in [0.717, 1.165) is 5.39 Å². The SMILES string of the molecule is COc1ccc2ccccc2c1C(O)C(F)(F)Br. The summed E-state index contributed by atoms with van der Waals surface area (Å²) in [6, 6.07) is 10.3. The van der Waals surface area contributed by atoms with Gasteiger partial charge in [-0.25, -0.2) is 0 Å². The predicted molar refractivity (Wildman–Crippen MR) is 69.3 cm³/mol. The van der Waals surface area contributed by atoms with Gasteiger partial charge in [0.1, 0.15) is 5.75 Å². The lowest BCUT2D eigenvalue weighted by Gasteiger charge is -2.21. The highest BCUT2D eigenvalue weighted by Crippen LogP contribution is 2.43. The van der Waals surface area contributed by atoms with Crippen LogP contribution in [0.4, 0.5) is 8.78 Å². The van der Waals surface area contributed by atoms with Crippen LogP contribution in [-0.4, -0.2) is 17.0 Å². The van der Waals surface area contributed by atoms with E-state index in [-0.39, 0.29) is 11.3 Å². The zero-order chi connectivity index (χ0) is 13.3. The Morgan fingerprint density at radius 2 is 1.89 bits per heavy atom. The molecule has 0 bridgehead atoms. The molecule has 2 nitrogen and oxygen atoms in total. The van der Waals surface area contributed by atoms with E-state index < -0.39 is 10.9 Å². The molecule has 2 aromatic carbocycles. The van der Waals surface area contributed by atoms with E-state index >= 15 is 0 Å². The third-order valence-electron chi connectivity index (χ3n) is 2.73. The van der Waals surface area contributed by atoms with Gasteiger partial charge >= 0.3 is 4.83 Å². The number of methoxy groups -OCH3 is 1. The van der Waals surface area contributed by atoms with E-state index in [1.54, 1.807) is 36.4 Å². The summed E-state index contributed by atoms with van der Waals surface area (Å²) in [5, 5.41) is 11.1. The standard InChI is InChI=1S/C13H11BrF2O2/c1-18-10-7-6-8-4-2-3-5-9(8)11(10)12(17)13(14,15)16/h2-7,12,17H,1H3. The summed E-state index contributed by atoms with van der Waals surface area (Å²) in [6.45, 7) is 0. The van der Waals surface area contributed by atoms with Gasteiger partial charge in [0.15, 0.2) is 6.10 Å². The molecule has 0 aliphatic carbocycles. The molecule has 2 aromatic rings. The van der Waals surface area contributed by atoms with Crippen LogP contribution >= 0.6 is 15.9 Å². The van der Waals surface area contributed by atoms with E-state index in [0.29, 0.717) is 5.39 Å². The summed E-state index contributed by atoms with van der Waals surface area (Å²) in [6.07, 6.45) is -1.97. The fourth-order valence-electron chi connectivity index (χ4n) is 1.90. The van der Waals surface area contributed by atoms with Gasteiger partial charge in [0.25, 0.3) is 0 Å². The van der Waals surface area contributed by atoms with Crippen molar-refractivity contribution in [1.82, 2.24) is 0 Å². The average molecular weight is 317 g/mol. The molecule has 0 radical (unpaired) electrons. The van der Waals surface area contributed by atoms with E-state index in [1.807, 2.05) is 0 Å². The molecule has 1 N–H and O–H groups in total. The molecule has 0 aliphatic rings. The Morgan fingerprint density at radius 1 is 1.22 bits per heavy atom. The number of hydrogen-bond donors (Lipinski definition) is 1. The highest BCUT2D eigenvalue weighted by atomic mass is 79.9. The van der Waals surface area contributed by atoms with E-state index in [2.05, 4.69) is 15.9 Å². The number of rotatable bonds is 3. The Kier molecular flexibility index (Phi) is 3.54. The van der Waals surface area contributed by atoms with Crippen molar-refractivity contribution in [2.24, 2.45) is 0 Å². The fraction of sp³-hybridized carbons (Fsp3) is 0.231. The number of aliphatic hydroxyl groups excluding tert-OH is 1. The van der Waals surface area contributed by atoms with Crippen molar-refractivity contribution in [2.75, 3.05) is 7.11 Å². The summed E-state index contributed by atoms with van der Waals surface area (Å²) in [4.78, 5) is -3.41. The van der Waals surface area contributed by atoms with Gasteiger partial charge in [-0.15, -0.1) is 0 Å². The van der Waals surface area contributed by atoms with Crippen molar-refractivity contribution in [1.29, 1.82) is 0 Å². The summed E-state index contributed by atoms with van der Waals surface area (Å²) >= 11 is 2.19. The molecule has 1 unspecified atom stereocenters. The molecule has 1 atom stereocenters. The molecule has 0 heterocycles. The zero-order valence-corrected chi connectivity index (χ0v) is 11.1. The van der Waals surface area contributed by atoms with Crippen molar-refractivity contribution in [2.45, 2.75) is 10.9 Å². The summed E-state index contributed by atoms with van der Waals surface area (Å²) in [5.41, 5.74) is 0.0810. The molecule has 0 saturated carbocycles. The van der Waals surface area contributed by atoms with Gasteiger partial charge in [0.2, 0.25) is 0 Å². The minimum absolute atomic E-state index is 0.0810. The smallest absolute Gasteiger partial charge is 0.330 e. The van der Waals surface area contributed by atoms with Crippen LogP contribution in [0.5, 0.6) is 5.75 Å². The number of hydrogen-bond acceptors (Lipinski definition) is 2. The van der Waals surface area contributed by atoms with Crippen LogP contribution in [-0.2, 0) is 0 Å². The number of aliphatic hydroxyl groups is 1. The molecule has 0 saturated heterocycles. The van der Waals surface area contributed by atoms with E-state index in [1.165, 1.54) is 7.11 Å². The number of halogens is 3. The van der Waals surface area contributed by atoms with Crippen molar-refractivity contribution in [3.63, 3.8) is 0 Å². The molecule has 0 spiro atoms. The Labute approximate surface area is 111 Å². The maximum Gasteiger partial charge on any atom is 0.330 e. The molecule has 96 valence electrons. The number of benzene rings is 2. The van der Waals surface area contributed by atoms with E-state index in [9.17, 15) is 13.9 Å². The van der Waals surface area contributed by atoms with Gasteiger partial charge in [0.05, 0.1) is 7.11 Å². The van der Waals surface area contributed by atoms with Crippen molar-refractivity contribution in [3.8, 4) is 5.75 Å². The van der Waals surface area contributed by atoms with Crippen LogP contribution in [0.25, 0.3) is 10.8 Å². The highest BCUT2D eigenvalue weighted by molar-refractivity contribution is 9.10. The Morgan fingerprint density at radius 3 is 2.50 bits per heavy atom.